The maximum atomic E-state index is 13.0. The van der Waals surface area contributed by atoms with Gasteiger partial charge in [0.25, 0.3) is 5.91 Å². The molecule has 0 bridgehead atoms. The van der Waals surface area contributed by atoms with E-state index in [9.17, 15) is 9.18 Å². The molecule has 1 N–H and O–H groups in total. The number of halogens is 1. The van der Waals surface area contributed by atoms with Crippen LogP contribution in [0.2, 0.25) is 0 Å². The highest BCUT2D eigenvalue weighted by Gasteiger charge is 2.43. The summed E-state index contributed by atoms with van der Waals surface area (Å²) in [6, 6.07) is 6.05. The lowest BCUT2D eigenvalue weighted by Crippen LogP contribution is -2.57. The zero-order valence-electron chi connectivity index (χ0n) is 11.6. The van der Waals surface area contributed by atoms with Gasteiger partial charge in [0.2, 0.25) is 0 Å². The first kappa shape index (κ1) is 13.5. The number of nitrogens with zero attached hydrogens (tertiary/aromatic N) is 1. The number of hydrogen-bond donors (Lipinski definition) is 1. The van der Waals surface area contributed by atoms with E-state index >= 15 is 0 Å². The van der Waals surface area contributed by atoms with E-state index in [1.54, 1.807) is 17.0 Å². The van der Waals surface area contributed by atoms with Gasteiger partial charge in [-0.1, -0.05) is 0 Å². The molecule has 0 radical (unpaired) electrons. The first-order valence-electron chi connectivity index (χ1n) is 6.99. The lowest BCUT2D eigenvalue weighted by molar-refractivity contribution is -0.142. The Balaban J connectivity index is 1.82. The third kappa shape index (κ3) is 2.43. The first-order chi connectivity index (χ1) is 9.58. The molecule has 1 aromatic carbocycles. The van der Waals surface area contributed by atoms with Crippen LogP contribution >= 0.6 is 0 Å². The van der Waals surface area contributed by atoms with E-state index in [0.29, 0.717) is 12.5 Å². The Kier molecular flexibility index (Phi) is 3.48. The van der Waals surface area contributed by atoms with Crippen molar-refractivity contribution in [3.05, 3.63) is 30.1 Å². The Labute approximate surface area is 117 Å². The Bertz CT molecular complexity index is 499. The van der Waals surface area contributed by atoms with Crippen LogP contribution < -0.4 is 10.2 Å². The number of benzene rings is 1. The van der Waals surface area contributed by atoms with Gasteiger partial charge >= 0.3 is 0 Å². The van der Waals surface area contributed by atoms with Gasteiger partial charge in [-0.3, -0.25) is 4.79 Å². The average Bonchev–Trinajstić information content (AvgIpc) is 2.98. The predicted molar refractivity (Wildman–Crippen MR) is 74.1 cm³/mol. The fourth-order valence-corrected chi connectivity index (χ4v) is 3.03. The normalized spacial score (nSPS) is 30.8. The summed E-state index contributed by atoms with van der Waals surface area (Å²) in [5, 5.41) is 3.34. The van der Waals surface area contributed by atoms with Gasteiger partial charge in [0.15, 0.2) is 0 Å². The second-order valence-electron chi connectivity index (χ2n) is 5.75. The van der Waals surface area contributed by atoms with Gasteiger partial charge in [-0.2, -0.15) is 0 Å². The number of hydrogen-bond acceptors (Lipinski definition) is 3. The Morgan fingerprint density at radius 2 is 2.15 bits per heavy atom. The van der Waals surface area contributed by atoms with Crippen molar-refractivity contribution in [1.82, 2.24) is 5.32 Å². The molecule has 0 aliphatic carbocycles. The Morgan fingerprint density at radius 3 is 2.80 bits per heavy atom. The fraction of sp³-hybridized carbons (Fsp3) is 0.533. The van der Waals surface area contributed by atoms with Crippen LogP contribution in [0.25, 0.3) is 0 Å². The lowest BCUT2D eigenvalue weighted by Gasteiger charge is -2.43. The van der Waals surface area contributed by atoms with Crippen LogP contribution in [-0.4, -0.2) is 37.7 Å². The maximum absolute atomic E-state index is 13.0. The molecule has 1 aromatic rings. The molecular formula is C15H19FN2O2. The number of carbonyl (C=O) groups excluding carboxylic acids is 1. The molecule has 0 aromatic heterocycles. The first-order valence-corrected chi connectivity index (χ1v) is 6.99. The van der Waals surface area contributed by atoms with Crippen LogP contribution in [-0.2, 0) is 9.53 Å². The summed E-state index contributed by atoms with van der Waals surface area (Å²) in [4.78, 5) is 13.8. The van der Waals surface area contributed by atoms with Crippen molar-refractivity contribution in [2.75, 3.05) is 31.1 Å². The van der Waals surface area contributed by atoms with E-state index in [1.165, 1.54) is 12.1 Å². The third-order valence-electron chi connectivity index (χ3n) is 4.36. The van der Waals surface area contributed by atoms with E-state index in [1.807, 2.05) is 0 Å². The monoisotopic (exact) mass is 278 g/mol. The van der Waals surface area contributed by atoms with Crippen LogP contribution in [0.4, 0.5) is 10.1 Å². The molecular weight excluding hydrogens is 259 g/mol. The number of morpholine rings is 1. The minimum absolute atomic E-state index is 0.0694. The zero-order chi connectivity index (χ0) is 14.2. The average molecular weight is 278 g/mol. The number of carbonyl (C=O) groups is 1. The molecule has 4 nitrogen and oxygen atoms in total. The minimum Gasteiger partial charge on any atom is -0.363 e. The van der Waals surface area contributed by atoms with Crippen molar-refractivity contribution in [2.45, 2.75) is 18.9 Å². The predicted octanol–water partition coefficient (Wildman–Crippen LogP) is 1.56. The molecule has 5 heteroatoms. The van der Waals surface area contributed by atoms with Gasteiger partial charge in [-0.25, -0.2) is 4.39 Å². The summed E-state index contributed by atoms with van der Waals surface area (Å²) in [5.74, 6) is 0.0378. The second kappa shape index (κ2) is 5.14. The lowest BCUT2D eigenvalue weighted by atomic mass is 9.86. The summed E-state index contributed by atoms with van der Waals surface area (Å²) in [6.45, 7) is 4.58. The summed E-state index contributed by atoms with van der Waals surface area (Å²) in [7, 11) is 0. The fourth-order valence-electron chi connectivity index (χ4n) is 3.03. The van der Waals surface area contributed by atoms with Gasteiger partial charge < -0.3 is 15.0 Å². The van der Waals surface area contributed by atoms with Gasteiger partial charge in [-0.15, -0.1) is 0 Å². The summed E-state index contributed by atoms with van der Waals surface area (Å²) in [6.07, 6.45) is 1.06. The smallest absolute Gasteiger partial charge is 0.253 e. The number of ether oxygens (including phenoxy) is 1. The van der Waals surface area contributed by atoms with Crippen LogP contribution in [0.15, 0.2) is 24.3 Å². The van der Waals surface area contributed by atoms with E-state index in [0.717, 1.165) is 25.2 Å². The molecule has 2 atom stereocenters. The zero-order valence-corrected chi connectivity index (χ0v) is 11.6. The highest BCUT2D eigenvalue weighted by Crippen LogP contribution is 2.32. The van der Waals surface area contributed by atoms with Crippen molar-refractivity contribution in [2.24, 2.45) is 5.92 Å². The summed E-state index contributed by atoms with van der Waals surface area (Å²) < 4.78 is 18.8. The van der Waals surface area contributed by atoms with Crippen molar-refractivity contribution in [1.29, 1.82) is 0 Å². The molecule has 2 aliphatic heterocycles. The maximum Gasteiger partial charge on any atom is 0.253 e. The number of anilines is 1. The standard InChI is InChI=1S/C15H19FN2O2/c1-15(11-6-7-17-8-11)10-18(14(19)9-20-15)13-4-2-12(16)3-5-13/h2-5,11,17H,6-10H2,1H3. The van der Waals surface area contributed by atoms with Crippen LogP contribution in [0, 0.1) is 11.7 Å². The molecule has 0 saturated carbocycles. The van der Waals surface area contributed by atoms with Crippen LogP contribution in [0.3, 0.4) is 0 Å². The van der Waals surface area contributed by atoms with Crippen LogP contribution in [0.1, 0.15) is 13.3 Å². The largest absolute Gasteiger partial charge is 0.363 e. The van der Waals surface area contributed by atoms with Gasteiger partial charge in [-0.05, 0) is 44.2 Å². The Morgan fingerprint density at radius 1 is 1.40 bits per heavy atom. The molecule has 1 amide bonds. The molecule has 2 saturated heterocycles. The molecule has 2 heterocycles. The quantitative estimate of drug-likeness (QED) is 0.892. The van der Waals surface area contributed by atoms with E-state index < -0.39 is 0 Å². The molecule has 2 fully saturated rings. The third-order valence-corrected chi connectivity index (χ3v) is 4.36. The number of amides is 1. The number of nitrogens with one attached hydrogen (secondary N) is 1. The number of rotatable bonds is 2. The highest BCUT2D eigenvalue weighted by atomic mass is 19.1. The molecule has 20 heavy (non-hydrogen) atoms. The topological polar surface area (TPSA) is 41.6 Å². The molecule has 2 unspecified atom stereocenters. The molecule has 0 spiro atoms. The molecule has 108 valence electrons. The second-order valence-corrected chi connectivity index (χ2v) is 5.75. The van der Waals surface area contributed by atoms with Crippen molar-refractivity contribution in [3.8, 4) is 0 Å². The SMILES string of the molecule is CC1(C2CCNC2)CN(c2ccc(F)cc2)C(=O)CO1. The highest BCUT2D eigenvalue weighted by molar-refractivity contribution is 5.95. The van der Waals surface area contributed by atoms with Gasteiger partial charge in [0, 0.05) is 18.2 Å². The summed E-state index contributed by atoms with van der Waals surface area (Å²) in [5.41, 5.74) is 0.392. The molecule has 3 rings (SSSR count). The summed E-state index contributed by atoms with van der Waals surface area (Å²) >= 11 is 0. The van der Waals surface area contributed by atoms with Gasteiger partial charge in [0.1, 0.15) is 12.4 Å². The van der Waals surface area contributed by atoms with Crippen molar-refractivity contribution >= 4 is 11.6 Å². The van der Waals surface area contributed by atoms with Crippen molar-refractivity contribution in [3.63, 3.8) is 0 Å². The Hall–Kier alpha value is -1.46. The van der Waals surface area contributed by atoms with E-state index in [2.05, 4.69) is 12.2 Å². The van der Waals surface area contributed by atoms with E-state index in [-0.39, 0.29) is 23.9 Å². The van der Waals surface area contributed by atoms with Gasteiger partial charge in [0.05, 0.1) is 12.1 Å². The van der Waals surface area contributed by atoms with E-state index in [4.69, 9.17) is 4.74 Å². The van der Waals surface area contributed by atoms with Crippen molar-refractivity contribution < 1.29 is 13.9 Å². The molecule has 2 aliphatic rings. The minimum atomic E-state index is -0.341. The van der Waals surface area contributed by atoms with Crippen LogP contribution in [0.5, 0.6) is 0 Å².